The molecule has 88 valence electrons. The molecule has 17 heavy (non-hydrogen) atoms. The van der Waals surface area contributed by atoms with E-state index in [1.807, 2.05) is 0 Å². The van der Waals surface area contributed by atoms with Gasteiger partial charge in [0.25, 0.3) is 0 Å². The van der Waals surface area contributed by atoms with Crippen molar-refractivity contribution in [1.82, 2.24) is 0 Å². The Kier molecular flexibility index (Phi) is 2.64. The third-order valence-electron chi connectivity index (χ3n) is 3.80. The van der Waals surface area contributed by atoms with E-state index in [9.17, 15) is 0 Å². The Morgan fingerprint density at radius 1 is 0.882 bits per heavy atom. The van der Waals surface area contributed by atoms with E-state index < -0.39 is 0 Å². The second-order valence-corrected chi connectivity index (χ2v) is 7.21. The first kappa shape index (κ1) is 11.7. The summed E-state index contributed by atoms with van der Waals surface area (Å²) in [7, 11) is 0. The van der Waals surface area contributed by atoms with Crippen LogP contribution in [-0.2, 0) is 0 Å². The van der Waals surface area contributed by atoms with Crippen LogP contribution in [-0.4, -0.2) is 0 Å². The summed E-state index contributed by atoms with van der Waals surface area (Å²) < 4.78 is 0. The van der Waals surface area contributed by atoms with Gasteiger partial charge in [-0.15, -0.1) is 0 Å². The molecule has 0 bridgehead atoms. The zero-order valence-electron chi connectivity index (χ0n) is 9.87. The van der Waals surface area contributed by atoms with Gasteiger partial charge in [-0.2, -0.15) is 0 Å². The summed E-state index contributed by atoms with van der Waals surface area (Å²) in [5.41, 5.74) is 3.06. The summed E-state index contributed by atoms with van der Waals surface area (Å²) >= 11 is 7.71. The molecule has 0 nitrogen and oxygen atoms in total. The average Bonchev–Trinajstić information content (AvgIpc) is 2.49. The molecule has 0 aliphatic heterocycles. The Morgan fingerprint density at radius 3 is 1.71 bits per heavy atom. The van der Waals surface area contributed by atoms with Crippen molar-refractivity contribution >= 4 is 42.6 Å². The number of rotatable bonds is 0. The highest BCUT2D eigenvalue weighted by Gasteiger charge is 2.44. The van der Waals surface area contributed by atoms with Gasteiger partial charge in [0.05, 0.1) is 0 Å². The maximum absolute atomic E-state index is 3.85. The summed E-state index contributed by atoms with van der Waals surface area (Å²) in [6.07, 6.45) is 0. The second kappa shape index (κ2) is 3.83. The zero-order chi connectivity index (χ0) is 12.2. The molecule has 1 aliphatic carbocycles. The number of hydrogen-bond acceptors (Lipinski definition) is 0. The fraction of sp³-hybridized carbons (Fsp3) is 0.333. The first-order valence-electron chi connectivity index (χ1n) is 5.82. The molecule has 2 aromatic rings. The predicted molar refractivity (Wildman–Crippen MR) is 81.1 cm³/mol. The Morgan fingerprint density at radius 2 is 1.29 bits per heavy atom. The van der Waals surface area contributed by atoms with Crippen LogP contribution >= 0.6 is 31.9 Å². The molecule has 0 radical (unpaired) electrons. The van der Waals surface area contributed by atoms with Crippen molar-refractivity contribution in [3.63, 3.8) is 0 Å². The molecule has 0 amide bonds. The van der Waals surface area contributed by atoms with E-state index >= 15 is 0 Å². The Labute approximate surface area is 119 Å². The van der Waals surface area contributed by atoms with Crippen molar-refractivity contribution in [2.75, 3.05) is 0 Å². The molecule has 0 fully saturated rings. The highest BCUT2D eigenvalue weighted by Crippen LogP contribution is 2.60. The summed E-state index contributed by atoms with van der Waals surface area (Å²) in [4.78, 5) is 0.831. The van der Waals surface area contributed by atoms with Crippen molar-refractivity contribution in [1.29, 1.82) is 0 Å². The molecule has 1 aliphatic rings. The fourth-order valence-corrected chi connectivity index (χ4v) is 4.32. The summed E-state index contributed by atoms with van der Waals surface area (Å²) in [6.45, 7) is 4.60. The minimum absolute atomic E-state index is 0.208. The average molecular weight is 354 g/mol. The lowest BCUT2D eigenvalue weighted by atomic mass is 9.90. The topological polar surface area (TPSA) is 0 Å². The largest absolute Gasteiger partial charge is 0.0832 e. The van der Waals surface area contributed by atoms with Crippen LogP contribution in [0.2, 0.25) is 0 Å². The smallest absolute Gasteiger partial charge is 0.0463 e. The molecule has 2 aromatic carbocycles. The minimum atomic E-state index is 0.208. The highest BCUT2D eigenvalue weighted by molar-refractivity contribution is 9.10. The van der Waals surface area contributed by atoms with Crippen molar-refractivity contribution < 1.29 is 0 Å². The second-order valence-electron chi connectivity index (χ2n) is 5.37. The molecule has 0 saturated carbocycles. The molecule has 0 unspecified atom stereocenters. The van der Waals surface area contributed by atoms with Crippen LogP contribution in [0.25, 0.3) is 10.8 Å². The van der Waals surface area contributed by atoms with Gasteiger partial charge in [0.2, 0.25) is 0 Å². The van der Waals surface area contributed by atoms with Gasteiger partial charge in [0.1, 0.15) is 0 Å². The van der Waals surface area contributed by atoms with Crippen LogP contribution in [0.1, 0.15) is 34.6 Å². The van der Waals surface area contributed by atoms with Gasteiger partial charge in [-0.3, -0.25) is 0 Å². The van der Waals surface area contributed by atoms with E-state index in [4.69, 9.17) is 0 Å². The number of hydrogen-bond donors (Lipinski definition) is 0. The first-order chi connectivity index (χ1) is 8.01. The van der Waals surface area contributed by atoms with Crippen LogP contribution in [0, 0.1) is 5.41 Å². The van der Waals surface area contributed by atoms with E-state index in [1.54, 1.807) is 0 Å². The molecule has 3 rings (SSSR count). The lowest BCUT2D eigenvalue weighted by Gasteiger charge is -2.26. The van der Waals surface area contributed by atoms with Crippen LogP contribution in [0.15, 0.2) is 36.4 Å². The van der Waals surface area contributed by atoms with Gasteiger partial charge < -0.3 is 0 Å². The summed E-state index contributed by atoms with van der Waals surface area (Å²) in [6, 6.07) is 13.2. The predicted octanol–water partition coefficient (Wildman–Crippen LogP) is 5.75. The highest BCUT2D eigenvalue weighted by atomic mass is 79.9. The maximum Gasteiger partial charge on any atom is 0.0463 e. The molecular formula is C15H14Br2. The maximum atomic E-state index is 3.85. The van der Waals surface area contributed by atoms with E-state index in [2.05, 4.69) is 82.1 Å². The van der Waals surface area contributed by atoms with Crippen LogP contribution in [0.4, 0.5) is 0 Å². The molecule has 0 N–H and O–H groups in total. The fourth-order valence-electron chi connectivity index (χ4n) is 2.64. The summed E-state index contributed by atoms with van der Waals surface area (Å²) in [5.74, 6) is 0. The van der Waals surface area contributed by atoms with Crippen molar-refractivity contribution in [3.8, 4) is 0 Å². The van der Waals surface area contributed by atoms with Gasteiger partial charge in [0.15, 0.2) is 0 Å². The van der Waals surface area contributed by atoms with E-state index in [0.717, 1.165) is 0 Å². The quantitative estimate of drug-likeness (QED) is 0.529. The number of benzene rings is 2. The molecule has 2 heteroatoms. The molecule has 0 saturated heterocycles. The van der Waals surface area contributed by atoms with E-state index in [1.165, 1.54) is 21.9 Å². The lowest BCUT2D eigenvalue weighted by Crippen LogP contribution is -2.14. The molecule has 0 heterocycles. The van der Waals surface area contributed by atoms with Gasteiger partial charge in [-0.1, -0.05) is 70.0 Å². The Bertz CT molecular complexity index is 536. The zero-order valence-corrected chi connectivity index (χ0v) is 13.0. The van der Waals surface area contributed by atoms with Crippen LogP contribution in [0.5, 0.6) is 0 Å². The van der Waals surface area contributed by atoms with Crippen molar-refractivity contribution in [2.24, 2.45) is 5.41 Å². The monoisotopic (exact) mass is 352 g/mol. The standard InChI is InChI=1S/C15H14Br2/c1-15(2)13(16)11-7-9-5-3-4-6-10(9)8-12(11)14(15)17/h3-8,13-14H,1-2H3/t13-,14-/m1/s1. The first-order valence-corrected chi connectivity index (χ1v) is 7.65. The third kappa shape index (κ3) is 1.61. The molecule has 0 aromatic heterocycles. The number of fused-ring (bicyclic) bond motifs is 2. The van der Waals surface area contributed by atoms with Crippen LogP contribution < -0.4 is 0 Å². The third-order valence-corrected chi connectivity index (χ3v) is 7.15. The number of alkyl halides is 2. The number of halogens is 2. The van der Waals surface area contributed by atoms with E-state index in [-0.39, 0.29) is 5.41 Å². The van der Waals surface area contributed by atoms with E-state index in [0.29, 0.717) is 9.65 Å². The molecule has 2 atom stereocenters. The van der Waals surface area contributed by atoms with Gasteiger partial charge in [0, 0.05) is 9.65 Å². The minimum Gasteiger partial charge on any atom is -0.0832 e. The molecular weight excluding hydrogens is 340 g/mol. The normalized spacial score (nSPS) is 26.1. The van der Waals surface area contributed by atoms with Gasteiger partial charge in [-0.05, 0) is 39.4 Å². The van der Waals surface area contributed by atoms with Gasteiger partial charge in [-0.25, -0.2) is 0 Å². The van der Waals surface area contributed by atoms with Crippen molar-refractivity contribution in [2.45, 2.75) is 23.5 Å². The summed E-state index contributed by atoms with van der Waals surface area (Å²) in [5, 5.41) is 2.65. The molecule has 0 spiro atoms. The Hall–Kier alpha value is -0.340. The van der Waals surface area contributed by atoms with Crippen molar-refractivity contribution in [3.05, 3.63) is 47.5 Å². The SMILES string of the molecule is CC1(C)[C@H](Br)c2cc3ccccc3cc2[C@H]1Br. The van der Waals surface area contributed by atoms with Crippen LogP contribution in [0.3, 0.4) is 0 Å². The Balaban J connectivity index is 2.30. The lowest BCUT2D eigenvalue weighted by molar-refractivity contribution is 0.386. The van der Waals surface area contributed by atoms with Gasteiger partial charge >= 0.3 is 0 Å².